The van der Waals surface area contributed by atoms with E-state index in [-0.39, 0.29) is 5.91 Å². The lowest BCUT2D eigenvalue weighted by molar-refractivity contribution is -0.113. The molecule has 3 rings (SSSR count). The number of carbonyl (C=O) groups excluding carboxylic acids is 1. The van der Waals surface area contributed by atoms with Gasteiger partial charge in [-0.05, 0) is 48.4 Å². The quantitative estimate of drug-likeness (QED) is 0.466. The van der Waals surface area contributed by atoms with Gasteiger partial charge in [-0.15, -0.1) is 0 Å². The van der Waals surface area contributed by atoms with E-state index in [4.69, 9.17) is 12.2 Å². The first-order valence-corrected chi connectivity index (χ1v) is 9.33. The summed E-state index contributed by atoms with van der Waals surface area (Å²) in [5.74, 6) is -0.0758. The van der Waals surface area contributed by atoms with Gasteiger partial charge in [0.1, 0.15) is 0 Å². The first kappa shape index (κ1) is 17.1. The van der Waals surface area contributed by atoms with Crippen LogP contribution in [0.25, 0.3) is 6.08 Å². The van der Waals surface area contributed by atoms with Crippen molar-refractivity contribution >= 4 is 61.9 Å². The normalized spacial score (nSPS) is 17.0. The van der Waals surface area contributed by atoms with Gasteiger partial charge in [0.25, 0.3) is 5.91 Å². The van der Waals surface area contributed by atoms with Crippen LogP contribution in [0.5, 0.6) is 0 Å². The fourth-order valence-corrected chi connectivity index (χ4v) is 3.95. The van der Waals surface area contributed by atoms with Crippen molar-refractivity contribution in [2.45, 2.75) is 6.92 Å². The molecule has 0 bridgehead atoms. The van der Waals surface area contributed by atoms with Crippen molar-refractivity contribution in [3.8, 4) is 0 Å². The average molecular weight is 416 g/mol. The van der Waals surface area contributed by atoms with Crippen LogP contribution in [0.15, 0.2) is 75.6 Å². The summed E-state index contributed by atoms with van der Waals surface area (Å²) in [5.41, 5.74) is 2.90. The van der Waals surface area contributed by atoms with Crippen molar-refractivity contribution < 1.29 is 4.79 Å². The molecule has 1 aliphatic rings. The minimum absolute atomic E-state index is 0.0758. The second-order valence-corrected chi connectivity index (χ2v) is 7.88. The Kier molecular flexibility index (Phi) is 5.33. The van der Waals surface area contributed by atoms with E-state index in [0.29, 0.717) is 9.23 Å². The zero-order valence-corrected chi connectivity index (χ0v) is 16.1. The number of rotatable bonds is 3. The van der Waals surface area contributed by atoms with Crippen molar-refractivity contribution in [1.29, 1.82) is 0 Å². The molecule has 0 unspecified atom stereocenters. The van der Waals surface area contributed by atoms with E-state index in [1.807, 2.05) is 73.7 Å². The summed E-state index contributed by atoms with van der Waals surface area (Å²) in [5, 5.41) is 0. The van der Waals surface area contributed by atoms with Crippen molar-refractivity contribution in [2.24, 2.45) is 0 Å². The third kappa shape index (κ3) is 3.86. The van der Waals surface area contributed by atoms with Crippen molar-refractivity contribution in [3.05, 3.63) is 81.2 Å². The molecule has 5 heteroatoms. The first-order chi connectivity index (χ1) is 11.5. The molecule has 1 aliphatic heterocycles. The zero-order valence-electron chi connectivity index (χ0n) is 12.9. The molecule has 2 aromatic rings. The molecular weight excluding hydrogens is 402 g/mol. The maximum absolute atomic E-state index is 12.7. The minimum Gasteiger partial charge on any atom is -0.268 e. The molecule has 0 radical (unpaired) electrons. The van der Waals surface area contributed by atoms with Crippen LogP contribution in [0, 0.1) is 0 Å². The highest BCUT2D eigenvalue weighted by Gasteiger charge is 2.33. The lowest BCUT2D eigenvalue weighted by Crippen LogP contribution is -2.27. The molecule has 0 aliphatic carbocycles. The number of anilines is 1. The molecule has 0 N–H and O–H groups in total. The van der Waals surface area contributed by atoms with Crippen LogP contribution in [0.2, 0.25) is 0 Å². The Hall–Kier alpha value is -1.69. The third-order valence-corrected chi connectivity index (χ3v) is 5.26. The molecule has 0 aromatic heterocycles. The van der Waals surface area contributed by atoms with Gasteiger partial charge in [0, 0.05) is 4.47 Å². The lowest BCUT2D eigenvalue weighted by atomic mass is 10.1. The number of halogens is 1. The Morgan fingerprint density at radius 2 is 1.79 bits per heavy atom. The Morgan fingerprint density at radius 3 is 2.46 bits per heavy atom. The summed E-state index contributed by atoms with van der Waals surface area (Å²) in [6.07, 6.45) is 3.94. The molecule has 1 saturated heterocycles. The standard InChI is InChI=1S/C19H14BrNOS2/c1-13(11-14-5-3-2-4-6-14)12-17-18(22)21(19(23)24-17)16-9-7-15(20)8-10-16/h2-12H,1H3. The van der Waals surface area contributed by atoms with Crippen molar-refractivity contribution in [1.82, 2.24) is 0 Å². The Morgan fingerprint density at radius 1 is 1.12 bits per heavy atom. The van der Waals surface area contributed by atoms with Crippen LogP contribution in [-0.2, 0) is 4.79 Å². The van der Waals surface area contributed by atoms with E-state index < -0.39 is 0 Å². The number of allylic oxidation sites excluding steroid dienone is 2. The molecule has 120 valence electrons. The molecule has 2 aromatic carbocycles. The number of thioether (sulfide) groups is 1. The van der Waals surface area contributed by atoms with E-state index in [2.05, 4.69) is 15.9 Å². The second-order valence-electron chi connectivity index (χ2n) is 5.29. The number of nitrogens with zero attached hydrogens (tertiary/aromatic N) is 1. The largest absolute Gasteiger partial charge is 0.270 e. The molecule has 0 spiro atoms. The number of thiocarbonyl (C=S) groups is 1. The second kappa shape index (κ2) is 7.47. The van der Waals surface area contributed by atoms with Gasteiger partial charge in [-0.25, -0.2) is 0 Å². The smallest absolute Gasteiger partial charge is 0.268 e. The molecule has 1 amide bonds. The van der Waals surface area contributed by atoms with Crippen LogP contribution in [0.3, 0.4) is 0 Å². The summed E-state index contributed by atoms with van der Waals surface area (Å²) in [6, 6.07) is 17.6. The van der Waals surface area contributed by atoms with E-state index in [0.717, 1.165) is 21.3 Å². The Balaban J connectivity index is 1.85. The molecule has 0 atom stereocenters. The van der Waals surface area contributed by atoms with Crippen LogP contribution >= 0.6 is 39.9 Å². The number of hydrogen-bond donors (Lipinski definition) is 0. The van der Waals surface area contributed by atoms with E-state index in [9.17, 15) is 4.79 Å². The highest BCUT2D eigenvalue weighted by atomic mass is 79.9. The van der Waals surface area contributed by atoms with Crippen LogP contribution in [0.1, 0.15) is 12.5 Å². The molecule has 2 nitrogen and oxygen atoms in total. The van der Waals surface area contributed by atoms with Gasteiger partial charge in [0.15, 0.2) is 4.32 Å². The molecule has 24 heavy (non-hydrogen) atoms. The number of hydrogen-bond acceptors (Lipinski definition) is 3. The van der Waals surface area contributed by atoms with Gasteiger partial charge in [0.05, 0.1) is 10.6 Å². The first-order valence-electron chi connectivity index (χ1n) is 7.31. The predicted octanol–water partition coefficient (Wildman–Crippen LogP) is 5.80. The van der Waals surface area contributed by atoms with Gasteiger partial charge in [-0.3, -0.25) is 9.69 Å². The highest BCUT2D eigenvalue weighted by Crippen LogP contribution is 2.36. The molecule has 1 heterocycles. The van der Waals surface area contributed by atoms with Gasteiger partial charge < -0.3 is 0 Å². The van der Waals surface area contributed by atoms with Crippen molar-refractivity contribution in [2.75, 3.05) is 4.90 Å². The SMILES string of the molecule is CC(=Cc1ccccc1)C=C1SC(=S)N(c2ccc(Br)cc2)C1=O. The Bertz CT molecular complexity index is 841. The van der Waals surface area contributed by atoms with E-state index >= 15 is 0 Å². The third-order valence-electron chi connectivity index (χ3n) is 3.43. The summed E-state index contributed by atoms with van der Waals surface area (Å²) in [6.45, 7) is 1.99. The lowest BCUT2D eigenvalue weighted by Gasteiger charge is -2.14. The fourth-order valence-electron chi connectivity index (χ4n) is 2.34. The summed E-state index contributed by atoms with van der Waals surface area (Å²) in [4.78, 5) is 14.9. The van der Waals surface area contributed by atoms with Crippen LogP contribution < -0.4 is 4.90 Å². The maximum Gasteiger partial charge on any atom is 0.270 e. The predicted molar refractivity (Wildman–Crippen MR) is 110 cm³/mol. The summed E-state index contributed by atoms with van der Waals surface area (Å²) < 4.78 is 1.52. The van der Waals surface area contributed by atoms with Crippen molar-refractivity contribution in [3.63, 3.8) is 0 Å². The maximum atomic E-state index is 12.7. The topological polar surface area (TPSA) is 20.3 Å². The monoisotopic (exact) mass is 415 g/mol. The van der Waals surface area contributed by atoms with Gasteiger partial charge >= 0.3 is 0 Å². The average Bonchev–Trinajstić information content (AvgIpc) is 2.83. The number of benzene rings is 2. The van der Waals surface area contributed by atoms with Crippen LogP contribution in [0.4, 0.5) is 5.69 Å². The molecule has 0 saturated carbocycles. The van der Waals surface area contributed by atoms with Crippen LogP contribution in [-0.4, -0.2) is 10.2 Å². The zero-order chi connectivity index (χ0) is 17.1. The highest BCUT2D eigenvalue weighted by molar-refractivity contribution is 9.10. The minimum atomic E-state index is -0.0758. The summed E-state index contributed by atoms with van der Waals surface area (Å²) >= 11 is 10.1. The van der Waals surface area contributed by atoms with Gasteiger partial charge in [0.2, 0.25) is 0 Å². The number of carbonyl (C=O) groups is 1. The molecule has 1 fully saturated rings. The van der Waals surface area contributed by atoms with E-state index in [1.165, 1.54) is 11.8 Å². The van der Waals surface area contributed by atoms with Gasteiger partial charge in [-0.2, -0.15) is 0 Å². The number of amides is 1. The Labute approximate surface area is 159 Å². The van der Waals surface area contributed by atoms with E-state index in [1.54, 1.807) is 4.90 Å². The fraction of sp³-hybridized carbons (Fsp3) is 0.0526. The summed E-state index contributed by atoms with van der Waals surface area (Å²) in [7, 11) is 0. The molecular formula is C19H14BrNOS2. The van der Waals surface area contributed by atoms with Gasteiger partial charge in [-0.1, -0.05) is 76.3 Å².